The van der Waals surface area contributed by atoms with Crippen LogP contribution in [0.1, 0.15) is 18.2 Å². The first kappa shape index (κ1) is 13.1. The van der Waals surface area contributed by atoms with Crippen LogP contribution in [0.5, 0.6) is 0 Å². The van der Waals surface area contributed by atoms with E-state index in [1.165, 1.54) is 19.2 Å². The number of aliphatic hydroxyl groups is 1. The Morgan fingerprint density at radius 1 is 1.30 bits per heavy atom. The van der Waals surface area contributed by atoms with Gasteiger partial charge in [0.15, 0.2) is 5.58 Å². The van der Waals surface area contributed by atoms with Crippen molar-refractivity contribution in [1.82, 2.24) is 4.98 Å². The molecule has 0 aliphatic rings. The van der Waals surface area contributed by atoms with Crippen molar-refractivity contribution in [2.45, 2.75) is 12.5 Å². The number of rotatable bonds is 2. The third-order valence-electron chi connectivity index (χ3n) is 3.24. The highest BCUT2D eigenvalue weighted by atomic mass is 35.5. The van der Waals surface area contributed by atoms with E-state index in [4.69, 9.17) is 16.0 Å². The van der Waals surface area contributed by atoms with Crippen molar-refractivity contribution in [2.24, 2.45) is 0 Å². The van der Waals surface area contributed by atoms with Crippen molar-refractivity contribution in [1.29, 1.82) is 0 Å². The van der Waals surface area contributed by atoms with Crippen LogP contribution < -0.4 is 0 Å². The van der Waals surface area contributed by atoms with Crippen LogP contribution in [0.15, 0.2) is 47.1 Å². The number of para-hydroxylation sites is 1. The van der Waals surface area contributed by atoms with Gasteiger partial charge in [0.05, 0.1) is 11.2 Å². The highest BCUT2D eigenvalue weighted by molar-refractivity contribution is 6.34. The minimum Gasteiger partial charge on any atom is -0.456 e. The van der Waals surface area contributed by atoms with Crippen LogP contribution in [-0.4, -0.2) is 10.1 Å². The average molecular weight is 292 g/mol. The fourth-order valence-corrected chi connectivity index (χ4v) is 2.31. The van der Waals surface area contributed by atoms with Gasteiger partial charge in [-0.25, -0.2) is 4.39 Å². The normalized spacial score (nSPS) is 14.4. The van der Waals surface area contributed by atoms with Gasteiger partial charge in [0.25, 0.3) is 0 Å². The largest absolute Gasteiger partial charge is 0.456 e. The van der Waals surface area contributed by atoms with Crippen LogP contribution in [-0.2, 0) is 5.60 Å². The van der Waals surface area contributed by atoms with Gasteiger partial charge >= 0.3 is 0 Å². The van der Waals surface area contributed by atoms with Crippen molar-refractivity contribution < 1.29 is 13.9 Å². The molecule has 0 saturated carbocycles. The van der Waals surface area contributed by atoms with E-state index in [2.05, 4.69) is 4.98 Å². The fraction of sp³-hybridized carbons (Fsp3) is 0.133. The molecule has 3 nitrogen and oxygen atoms in total. The van der Waals surface area contributed by atoms with Crippen molar-refractivity contribution in [3.8, 4) is 0 Å². The van der Waals surface area contributed by atoms with E-state index in [9.17, 15) is 9.50 Å². The summed E-state index contributed by atoms with van der Waals surface area (Å²) in [5.74, 6) is -0.232. The van der Waals surface area contributed by atoms with Crippen molar-refractivity contribution in [2.75, 3.05) is 0 Å². The maximum Gasteiger partial charge on any atom is 0.153 e. The molecule has 0 fully saturated rings. The lowest BCUT2D eigenvalue weighted by molar-refractivity contribution is 0.0779. The molecule has 3 aromatic rings. The number of halogens is 2. The van der Waals surface area contributed by atoms with Gasteiger partial charge in [-0.3, -0.25) is 4.98 Å². The van der Waals surface area contributed by atoms with Gasteiger partial charge in [0, 0.05) is 17.1 Å². The summed E-state index contributed by atoms with van der Waals surface area (Å²) in [6.07, 6.45) is 2.48. The predicted octanol–water partition coefficient (Wildman–Crippen LogP) is 3.88. The predicted molar refractivity (Wildman–Crippen MR) is 74.1 cm³/mol. The van der Waals surface area contributed by atoms with Crippen molar-refractivity contribution >= 4 is 22.6 Å². The monoisotopic (exact) mass is 291 g/mol. The molecule has 2 aromatic heterocycles. The molecule has 2 heterocycles. The number of nitrogens with zero attached hydrogens (tertiary/aromatic N) is 1. The Morgan fingerprint density at radius 2 is 2.10 bits per heavy atom. The summed E-state index contributed by atoms with van der Waals surface area (Å²) in [4.78, 5) is 3.74. The average Bonchev–Trinajstić information content (AvgIpc) is 2.85. The molecule has 1 atom stereocenters. The first-order valence-corrected chi connectivity index (χ1v) is 6.38. The highest BCUT2D eigenvalue weighted by Gasteiger charge is 2.30. The van der Waals surface area contributed by atoms with Crippen LogP contribution in [0.2, 0.25) is 5.02 Å². The van der Waals surface area contributed by atoms with E-state index in [0.29, 0.717) is 16.2 Å². The van der Waals surface area contributed by atoms with Gasteiger partial charge in [0.2, 0.25) is 0 Å². The Balaban J connectivity index is 2.16. The summed E-state index contributed by atoms with van der Waals surface area (Å²) >= 11 is 6.04. The molecule has 0 radical (unpaired) electrons. The molecule has 1 N–H and O–H groups in total. The Kier molecular flexibility index (Phi) is 3.00. The third kappa shape index (κ3) is 2.07. The second-order valence-corrected chi connectivity index (χ2v) is 5.14. The van der Waals surface area contributed by atoms with E-state index < -0.39 is 11.4 Å². The minimum absolute atomic E-state index is 0.285. The van der Waals surface area contributed by atoms with Crippen LogP contribution in [0.3, 0.4) is 0 Å². The molecule has 3 rings (SSSR count). The van der Waals surface area contributed by atoms with Crippen LogP contribution in [0.25, 0.3) is 11.0 Å². The molecule has 102 valence electrons. The lowest BCUT2D eigenvalue weighted by Crippen LogP contribution is -2.22. The van der Waals surface area contributed by atoms with Gasteiger partial charge in [0.1, 0.15) is 17.2 Å². The maximum atomic E-state index is 13.3. The quantitative estimate of drug-likeness (QED) is 0.779. The van der Waals surface area contributed by atoms with Crippen LogP contribution in [0, 0.1) is 5.82 Å². The second kappa shape index (κ2) is 4.58. The first-order valence-electron chi connectivity index (χ1n) is 6.00. The van der Waals surface area contributed by atoms with E-state index in [1.807, 2.05) is 6.07 Å². The third-order valence-corrected chi connectivity index (χ3v) is 3.54. The molecule has 5 heteroatoms. The molecule has 0 aliphatic heterocycles. The van der Waals surface area contributed by atoms with Crippen LogP contribution >= 0.6 is 11.6 Å². The van der Waals surface area contributed by atoms with Crippen molar-refractivity contribution in [3.05, 3.63) is 64.9 Å². The number of furan rings is 1. The number of hydrogen-bond donors (Lipinski definition) is 1. The van der Waals surface area contributed by atoms with Crippen LogP contribution in [0.4, 0.5) is 4.39 Å². The smallest absolute Gasteiger partial charge is 0.153 e. The topological polar surface area (TPSA) is 46.3 Å². The number of fused-ring (bicyclic) bond motifs is 1. The molecular weight excluding hydrogens is 281 g/mol. The molecule has 0 saturated heterocycles. The van der Waals surface area contributed by atoms with E-state index in [1.54, 1.807) is 18.2 Å². The van der Waals surface area contributed by atoms with Gasteiger partial charge in [-0.05, 0) is 25.1 Å². The molecule has 0 bridgehead atoms. The number of benzene rings is 1. The minimum atomic E-state index is -1.49. The fourth-order valence-electron chi connectivity index (χ4n) is 2.09. The summed E-state index contributed by atoms with van der Waals surface area (Å²) in [6.45, 7) is 1.52. The van der Waals surface area contributed by atoms with E-state index in [-0.39, 0.29) is 5.76 Å². The Hall–Kier alpha value is -1.91. The molecule has 20 heavy (non-hydrogen) atoms. The standard InChI is InChI=1S/C15H11ClFNO2/c1-15(19,10-6-11(17)8-18-7-10)13-5-9-3-2-4-12(16)14(9)20-13/h2-8,19H,1H3. The second-order valence-electron chi connectivity index (χ2n) is 4.73. The Bertz CT molecular complexity index is 782. The van der Waals surface area contributed by atoms with Gasteiger partial charge in [-0.2, -0.15) is 0 Å². The summed E-state index contributed by atoms with van der Waals surface area (Å²) < 4.78 is 18.9. The Morgan fingerprint density at radius 3 is 2.80 bits per heavy atom. The summed E-state index contributed by atoms with van der Waals surface area (Å²) in [5.41, 5.74) is -0.682. The number of hydrogen-bond acceptors (Lipinski definition) is 3. The zero-order valence-corrected chi connectivity index (χ0v) is 11.4. The zero-order chi connectivity index (χ0) is 14.3. The Labute approximate surface area is 119 Å². The lowest BCUT2D eigenvalue weighted by Gasteiger charge is -2.20. The maximum absolute atomic E-state index is 13.3. The van der Waals surface area contributed by atoms with E-state index in [0.717, 1.165) is 11.6 Å². The molecule has 0 aliphatic carbocycles. The van der Waals surface area contributed by atoms with Crippen molar-refractivity contribution in [3.63, 3.8) is 0 Å². The summed E-state index contributed by atoms with van der Waals surface area (Å²) in [6, 6.07) is 8.24. The SMILES string of the molecule is CC(O)(c1cncc(F)c1)c1cc2cccc(Cl)c2o1. The first-order chi connectivity index (χ1) is 9.48. The molecular formula is C15H11ClFNO2. The molecule has 1 aromatic carbocycles. The van der Waals surface area contributed by atoms with Gasteiger partial charge < -0.3 is 9.52 Å². The van der Waals surface area contributed by atoms with Gasteiger partial charge in [-0.15, -0.1) is 0 Å². The number of aromatic nitrogens is 1. The summed E-state index contributed by atoms with van der Waals surface area (Å²) in [7, 11) is 0. The summed E-state index contributed by atoms with van der Waals surface area (Å²) in [5, 5.41) is 11.9. The lowest BCUT2D eigenvalue weighted by atomic mass is 9.95. The molecule has 0 amide bonds. The van der Waals surface area contributed by atoms with E-state index >= 15 is 0 Å². The zero-order valence-electron chi connectivity index (χ0n) is 10.6. The molecule has 0 spiro atoms. The number of pyridine rings is 1. The molecule has 1 unspecified atom stereocenters. The van der Waals surface area contributed by atoms with Gasteiger partial charge in [-0.1, -0.05) is 23.7 Å². The highest BCUT2D eigenvalue weighted by Crippen LogP contribution is 2.35.